The SMILES string of the molecule is CCC1=C(S)C=C(NN)N=CC1. The van der Waals surface area contributed by atoms with E-state index in [2.05, 4.69) is 30.0 Å². The molecule has 1 rings (SSSR count). The highest BCUT2D eigenvalue weighted by atomic mass is 32.1. The first-order chi connectivity index (χ1) is 5.77. The maximum atomic E-state index is 5.23. The highest BCUT2D eigenvalue weighted by molar-refractivity contribution is 7.84. The Labute approximate surface area is 77.8 Å². The van der Waals surface area contributed by atoms with Gasteiger partial charge in [0.15, 0.2) is 0 Å². The van der Waals surface area contributed by atoms with Crippen molar-refractivity contribution in [2.75, 3.05) is 0 Å². The zero-order valence-electron chi connectivity index (χ0n) is 7.04. The Bertz CT molecular complexity index is 253. The Morgan fingerprint density at radius 3 is 3.08 bits per heavy atom. The molecule has 0 amide bonds. The van der Waals surface area contributed by atoms with E-state index in [0.29, 0.717) is 5.82 Å². The van der Waals surface area contributed by atoms with Crippen molar-refractivity contribution in [3.05, 3.63) is 22.4 Å². The van der Waals surface area contributed by atoms with Crippen molar-refractivity contribution < 1.29 is 0 Å². The van der Waals surface area contributed by atoms with E-state index in [1.165, 1.54) is 5.57 Å². The van der Waals surface area contributed by atoms with Gasteiger partial charge in [-0.25, -0.2) is 10.8 Å². The van der Waals surface area contributed by atoms with Crippen molar-refractivity contribution in [2.45, 2.75) is 19.8 Å². The van der Waals surface area contributed by atoms with Crippen LogP contribution in [0.15, 0.2) is 27.4 Å². The predicted octanol–water partition coefficient (Wildman–Crippen LogP) is 1.36. The Morgan fingerprint density at radius 1 is 1.75 bits per heavy atom. The van der Waals surface area contributed by atoms with Crippen LogP contribution in [-0.4, -0.2) is 6.21 Å². The molecule has 0 aromatic heterocycles. The van der Waals surface area contributed by atoms with Crippen LogP contribution in [0.2, 0.25) is 0 Å². The van der Waals surface area contributed by atoms with Gasteiger partial charge in [0.05, 0.1) is 0 Å². The second kappa shape index (κ2) is 4.33. The van der Waals surface area contributed by atoms with Crippen molar-refractivity contribution in [3.8, 4) is 0 Å². The number of nitrogens with two attached hydrogens (primary N) is 1. The Morgan fingerprint density at radius 2 is 2.50 bits per heavy atom. The van der Waals surface area contributed by atoms with Crippen LogP contribution in [-0.2, 0) is 0 Å². The molecule has 0 aliphatic carbocycles. The van der Waals surface area contributed by atoms with Gasteiger partial charge in [-0.05, 0) is 12.5 Å². The monoisotopic (exact) mass is 183 g/mol. The lowest BCUT2D eigenvalue weighted by Crippen LogP contribution is -2.19. The lowest BCUT2D eigenvalue weighted by Gasteiger charge is -2.00. The molecule has 12 heavy (non-hydrogen) atoms. The summed E-state index contributed by atoms with van der Waals surface area (Å²) in [4.78, 5) is 5.06. The standard InChI is InChI=1S/C8H13N3S/c1-2-6-3-4-10-8(11-9)5-7(6)12/h4-5,11-12H,2-3,9H2,1H3. The fourth-order valence-corrected chi connectivity index (χ4v) is 1.40. The van der Waals surface area contributed by atoms with Crippen LogP contribution in [0.3, 0.4) is 0 Å². The third-order valence-electron chi connectivity index (χ3n) is 1.78. The predicted molar refractivity (Wildman–Crippen MR) is 54.8 cm³/mol. The van der Waals surface area contributed by atoms with Crippen molar-refractivity contribution in [2.24, 2.45) is 10.8 Å². The van der Waals surface area contributed by atoms with Gasteiger partial charge in [-0.1, -0.05) is 12.5 Å². The number of hydrogen-bond acceptors (Lipinski definition) is 4. The summed E-state index contributed by atoms with van der Waals surface area (Å²) >= 11 is 4.35. The van der Waals surface area contributed by atoms with Gasteiger partial charge in [-0.2, -0.15) is 0 Å². The number of nitrogens with one attached hydrogen (secondary N) is 1. The van der Waals surface area contributed by atoms with Gasteiger partial charge in [0, 0.05) is 17.5 Å². The molecule has 1 aliphatic rings. The topological polar surface area (TPSA) is 50.4 Å². The molecule has 0 unspecified atom stereocenters. The van der Waals surface area contributed by atoms with E-state index in [-0.39, 0.29) is 0 Å². The van der Waals surface area contributed by atoms with Crippen molar-refractivity contribution in [1.29, 1.82) is 0 Å². The van der Waals surface area contributed by atoms with Crippen LogP contribution >= 0.6 is 12.6 Å². The molecule has 0 saturated heterocycles. The van der Waals surface area contributed by atoms with Gasteiger partial charge in [0.1, 0.15) is 5.82 Å². The number of hydrogen-bond donors (Lipinski definition) is 3. The average Bonchev–Trinajstić information content (AvgIpc) is 2.26. The number of thiol groups is 1. The van der Waals surface area contributed by atoms with E-state index in [1.807, 2.05) is 12.3 Å². The van der Waals surface area contributed by atoms with E-state index in [0.717, 1.165) is 17.7 Å². The minimum Gasteiger partial charge on any atom is -0.308 e. The fraction of sp³-hybridized carbons (Fsp3) is 0.375. The number of rotatable bonds is 2. The Balaban J connectivity index is 2.91. The first kappa shape index (κ1) is 9.35. The number of allylic oxidation sites excluding steroid dienone is 2. The third kappa shape index (κ3) is 2.12. The summed E-state index contributed by atoms with van der Waals surface area (Å²) in [6.07, 6.45) is 5.54. The number of nitrogens with zero attached hydrogens (tertiary/aromatic N) is 1. The maximum absolute atomic E-state index is 5.23. The molecule has 1 aliphatic heterocycles. The fourth-order valence-electron chi connectivity index (χ4n) is 1.03. The molecule has 66 valence electrons. The van der Waals surface area contributed by atoms with Gasteiger partial charge in [-0.15, -0.1) is 12.6 Å². The molecule has 3 N–H and O–H groups in total. The largest absolute Gasteiger partial charge is 0.308 e. The van der Waals surface area contributed by atoms with Crippen LogP contribution in [0.25, 0.3) is 0 Å². The van der Waals surface area contributed by atoms with Gasteiger partial charge in [0.25, 0.3) is 0 Å². The van der Waals surface area contributed by atoms with Crippen LogP contribution in [0, 0.1) is 0 Å². The van der Waals surface area contributed by atoms with Crippen LogP contribution < -0.4 is 11.3 Å². The van der Waals surface area contributed by atoms with Gasteiger partial charge in [0.2, 0.25) is 0 Å². The zero-order valence-corrected chi connectivity index (χ0v) is 7.94. The summed E-state index contributed by atoms with van der Waals surface area (Å²) in [6.45, 7) is 2.11. The molecule has 0 saturated carbocycles. The second-order valence-corrected chi connectivity index (χ2v) is 3.01. The molecule has 0 fully saturated rings. The maximum Gasteiger partial charge on any atom is 0.140 e. The normalized spacial score (nSPS) is 17.4. The molecule has 0 atom stereocenters. The second-order valence-electron chi connectivity index (χ2n) is 2.53. The van der Waals surface area contributed by atoms with Crippen LogP contribution in [0.1, 0.15) is 19.8 Å². The zero-order chi connectivity index (χ0) is 8.97. The molecule has 4 heteroatoms. The molecule has 0 aromatic carbocycles. The first-order valence-corrected chi connectivity index (χ1v) is 4.34. The van der Waals surface area contributed by atoms with Crippen molar-refractivity contribution >= 4 is 18.8 Å². The molecule has 0 aromatic rings. The Kier molecular flexibility index (Phi) is 3.37. The van der Waals surface area contributed by atoms with E-state index < -0.39 is 0 Å². The third-order valence-corrected chi connectivity index (χ3v) is 2.22. The molecule has 0 bridgehead atoms. The Hall–Kier alpha value is -0.740. The summed E-state index contributed by atoms with van der Waals surface area (Å²) in [5.74, 6) is 5.89. The van der Waals surface area contributed by atoms with E-state index >= 15 is 0 Å². The van der Waals surface area contributed by atoms with E-state index in [4.69, 9.17) is 5.84 Å². The molecule has 1 heterocycles. The quantitative estimate of drug-likeness (QED) is 0.344. The van der Waals surface area contributed by atoms with Gasteiger partial charge >= 0.3 is 0 Å². The summed E-state index contributed by atoms with van der Waals surface area (Å²) < 4.78 is 0. The van der Waals surface area contributed by atoms with Gasteiger partial charge < -0.3 is 5.43 Å². The minimum absolute atomic E-state index is 0.656. The van der Waals surface area contributed by atoms with Crippen LogP contribution in [0.4, 0.5) is 0 Å². The average molecular weight is 183 g/mol. The molecular weight excluding hydrogens is 170 g/mol. The van der Waals surface area contributed by atoms with Gasteiger partial charge in [-0.3, -0.25) is 0 Å². The lowest BCUT2D eigenvalue weighted by molar-refractivity contribution is 0.871. The summed E-state index contributed by atoms with van der Waals surface area (Å²) in [5, 5.41) is 0. The highest BCUT2D eigenvalue weighted by Gasteiger charge is 2.03. The lowest BCUT2D eigenvalue weighted by atomic mass is 10.1. The number of aliphatic imine (C=N–C) groups is 1. The molecule has 0 spiro atoms. The van der Waals surface area contributed by atoms with Crippen molar-refractivity contribution in [1.82, 2.24) is 5.43 Å². The van der Waals surface area contributed by atoms with Crippen molar-refractivity contribution in [3.63, 3.8) is 0 Å². The summed E-state index contributed by atoms with van der Waals surface area (Å²) in [7, 11) is 0. The van der Waals surface area contributed by atoms with E-state index in [1.54, 1.807) is 0 Å². The minimum atomic E-state index is 0.656. The van der Waals surface area contributed by atoms with Crippen LogP contribution in [0.5, 0.6) is 0 Å². The molecule has 3 nitrogen and oxygen atoms in total. The highest BCUT2D eigenvalue weighted by Crippen LogP contribution is 2.19. The smallest absolute Gasteiger partial charge is 0.140 e. The first-order valence-electron chi connectivity index (χ1n) is 3.89. The molecular formula is C8H13N3S. The molecule has 0 radical (unpaired) electrons. The van der Waals surface area contributed by atoms with E-state index in [9.17, 15) is 0 Å². The number of hydrazine groups is 1. The summed E-state index contributed by atoms with van der Waals surface area (Å²) in [5.41, 5.74) is 3.78. The summed E-state index contributed by atoms with van der Waals surface area (Å²) in [6, 6.07) is 0.